The van der Waals surface area contributed by atoms with Gasteiger partial charge in [0.1, 0.15) is 17.5 Å². The number of allylic oxidation sites excluding steroid dienone is 2. The van der Waals surface area contributed by atoms with E-state index in [9.17, 15) is 27.2 Å². The smallest absolute Gasteiger partial charge is 0.393 e. The maximum absolute atomic E-state index is 14.0. The van der Waals surface area contributed by atoms with E-state index in [1.54, 1.807) is 12.1 Å². The summed E-state index contributed by atoms with van der Waals surface area (Å²) in [5, 5.41) is 0. The van der Waals surface area contributed by atoms with Crippen molar-refractivity contribution in [2.24, 2.45) is 16.8 Å². The van der Waals surface area contributed by atoms with Crippen LogP contribution in [0.4, 0.5) is 17.6 Å². The Morgan fingerprint density at radius 2 is 1.63 bits per heavy atom. The largest absolute Gasteiger partial charge is 0.484 e. The molecule has 0 spiro atoms. The lowest BCUT2D eigenvalue weighted by atomic mass is 9.73. The molecule has 9 heteroatoms. The molecule has 0 fully saturated rings. The van der Waals surface area contributed by atoms with Gasteiger partial charge in [0, 0.05) is 17.9 Å². The van der Waals surface area contributed by atoms with Gasteiger partial charge in [0.25, 0.3) is 0 Å². The first-order valence-electron chi connectivity index (χ1n) is 13.2. The van der Waals surface area contributed by atoms with Gasteiger partial charge in [-0.3, -0.25) is 9.59 Å². The number of benzene rings is 3. The van der Waals surface area contributed by atoms with Crippen molar-refractivity contribution in [1.82, 2.24) is 0 Å². The number of ether oxygens (including phenoxy) is 2. The normalized spacial score (nSPS) is 19.7. The first-order chi connectivity index (χ1) is 19.6. The van der Waals surface area contributed by atoms with E-state index in [2.05, 4.69) is 0 Å². The second kappa shape index (κ2) is 11.7. The third-order valence-electron chi connectivity index (χ3n) is 7.43. The molecule has 0 aromatic heterocycles. The van der Waals surface area contributed by atoms with E-state index in [4.69, 9.17) is 14.5 Å². The van der Waals surface area contributed by atoms with Crippen LogP contribution >= 0.6 is 0 Å². The minimum absolute atomic E-state index is 0.0657. The zero-order chi connectivity index (χ0) is 29.1. The molecule has 0 amide bonds. The van der Waals surface area contributed by atoms with Crippen LogP contribution in [0.15, 0.2) is 95.1 Å². The molecular weight excluding hydrogens is 538 g/mol. The van der Waals surface area contributed by atoms with Gasteiger partial charge in [0.05, 0.1) is 25.1 Å². The number of esters is 1. The standard InChI is InChI=1S/C32H27F4NO4/c1-40-30-28(27(20-5-3-2-4-6-20)21-9-12-23(33)13-10-21)29(38)25-16-11-22(17-26(25)37-30)31(39)41-24-14-7-19(8-15-24)18-32(34,35)36/h2-10,12-15,22,27-28H,11,16-18H2,1H3. The number of halogens is 4. The Bertz CT molecular complexity index is 1480. The minimum atomic E-state index is -4.33. The predicted molar refractivity (Wildman–Crippen MR) is 144 cm³/mol. The molecule has 5 rings (SSSR count). The van der Waals surface area contributed by atoms with Gasteiger partial charge in [-0.1, -0.05) is 54.6 Å². The molecule has 0 saturated heterocycles. The zero-order valence-electron chi connectivity index (χ0n) is 22.2. The number of carbonyl (C=O) groups excluding carboxylic acids is 2. The number of ketones is 1. The summed E-state index contributed by atoms with van der Waals surface area (Å²) in [5.74, 6) is -2.56. The van der Waals surface area contributed by atoms with E-state index >= 15 is 0 Å². The lowest BCUT2D eigenvalue weighted by Crippen LogP contribution is -2.38. The summed E-state index contributed by atoms with van der Waals surface area (Å²) in [6.45, 7) is 0. The SMILES string of the molecule is COC1=NC2=C(CCC(C(=O)Oc3ccc(CC(F)(F)F)cc3)C2)C(=O)C1C(c1ccccc1)c1ccc(F)cc1. The molecule has 0 radical (unpaired) electrons. The molecule has 0 bridgehead atoms. The Balaban J connectivity index is 1.36. The van der Waals surface area contributed by atoms with Gasteiger partial charge in [0.15, 0.2) is 11.7 Å². The van der Waals surface area contributed by atoms with E-state index in [1.165, 1.54) is 43.5 Å². The predicted octanol–water partition coefficient (Wildman–Crippen LogP) is 6.97. The Morgan fingerprint density at radius 3 is 2.27 bits per heavy atom. The minimum Gasteiger partial charge on any atom is -0.484 e. The molecule has 1 heterocycles. The van der Waals surface area contributed by atoms with Crippen molar-refractivity contribution in [3.05, 3.63) is 113 Å². The fourth-order valence-corrected chi connectivity index (χ4v) is 5.48. The second-order valence-electron chi connectivity index (χ2n) is 10.2. The summed E-state index contributed by atoms with van der Waals surface area (Å²) in [5.41, 5.74) is 2.64. The molecule has 41 heavy (non-hydrogen) atoms. The molecule has 1 aliphatic heterocycles. The quantitative estimate of drug-likeness (QED) is 0.184. The van der Waals surface area contributed by atoms with Crippen LogP contribution in [0.25, 0.3) is 0 Å². The second-order valence-corrected chi connectivity index (χ2v) is 10.2. The summed E-state index contributed by atoms with van der Waals surface area (Å²) < 4.78 is 62.7. The summed E-state index contributed by atoms with van der Waals surface area (Å²) in [6.07, 6.45) is -4.57. The maximum Gasteiger partial charge on any atom is 0.393 e. The van der Waals surface area contributed by atoms with Gasteiger partial charge in [0.2, 0.25) is 0 Å². The van der Waals surface area contributed by atoms with Gasteiger partial charge in [-0.15, -0.1) is 0 Å². The van der Waals surface area contributed by atoms with E-state index in [1.807, 2.05) is 30.3 Å². The van der Waals surface area contributed by atoms with E-state index < -0.39 is 36.3 Å². The Hall–Kier alpha value is -4.27. The highest BCUT2D eigenvalue weighted by molar-refractivity contribution is 6.13. The monoisotopic (exact) mass is 565 g/mol. The molecule has 3 aromatic rings. The van der Waals surface area contributed by atoms with Crippen LogP contribution in [0.5, 0.6) is 5.75 Å². The topological polar surface area (TPSA) is 65.0 Å². The highest BCUT2D eigenvalue weighted by atomic mass is 19.4. The van der Waals surface area contributed by atoms with Crippen molar-refractivity contribution < 1.29 is 36.6 Å². The maximum atomic E-state index is 14.0. The van der Waals surface area contributed by atoms with Crippen LogP contribution in [0.3, 0.4) is 0 Å². The molecule has 0 saturated carbocycles. The number of alkyl halides is 3. The van der Waals surface area contributed by atoms with Gasteiger partial charge >= 0.3 is 12.1 Å². The summed E-state index contributed by atoms with van der Waals surface area (Å²) in [4.78, 5) is 31.6. The third kappa shape index (κ3) is 6.39. The van der Waals surface area contributed by atoms with Crippen LogP contribution in [0, 0.1) is 17.7 Å². The first-order valence-corrected chi connectivity index (χ1v) is 13.2. The first kappa shape index (κ1) is 28.3. The average molecular weight is 566 g/mol. The van der Waals surface area contributed by atoms with Gasteiger partial charge < -0.3 is 9.47 Å². The summed E-state index contributed by atoms with van der Waals surface area (Å²) in [6, 6.07) is 20.7. The van der Waals surface area contributed by atoms with Crippen LogP contribution in [-0.4, -0.2) is 30.9 Å². The van der Waals surface area contributed by atoms with Crippen molar-refractivity contribution in [3.63, 3.8) is 0 Å². The summed E-state index contributed by atoms with van der Waals surface area (Å²) in [7, 11) is 1.44. The fourth-order valence-electron chi connectivity index (χ4n) is 5.48. The number of Topliss-reactive ketones (excluding diaryl/α,β-unsaturated/α-hetero) is 1. The molecule has 2 aliphatic rings. The Morgan fingerprint density at radius 1 is 0.976 bits per heavy atom. The molecule has 212 valence electrons. The number of rotatable bonds is 6. The Kier molecular flexibility index (Phi) is 8.06. The third-order valence-corrected chi connectivity index (χ3v) is 7.43. The van der Waals surface area contributed by atoms with E-state index in [0.717, 1.165) is 11.1 Å². The number of carbonyl (C=O) groups is 2. The number of aliphatic imine (C=N–C) groups is 1. The average Bonchev–Trinajstić information content (AvgIpc) is 2.95. The molecule has 3 aromatic carbocycles. The fraction of sp³-hybridized carbons (Fsp3) is 0.281. The van der Waals surface area contributed by atoms with Crippen molar-refractivity contribution in [3.8, 4) is 5.75 Å². The zero-order valence-corrected chi connectivity index (χ0v) is 22.2. The molecule has 5 nitrogen and oxygen atoms in total. The van der Waals surface area contributed by atoms with Crippen LogP contribution < -0.4 is 4.74 Å². The van der Waals surface area contributed by atoms with Crippen LogP contribution in [0.2, 0.25) is 0 Å². The van der Waals surface area contributed by atoms with Crippen molar-refractivity contribution in [2.75, 3.05) is 7.11 Å². The van der Waals surface area contributed by atoms with Gasteiger partial charge in [-0.05, 0) is 53.8 Å². The van der Waals surface area contributed by atoms with Crippen molar-refractivity contribution >= 4 is 17.7 Å². The van der Waals surface area contributed by atoms with Crippen LogP contribution in [0.1, 0.15) is 41.9 Å². The molecule has 3 unspecified atom stereocenters. The lowest BCUT2D eigenvalue weighted by molar-refractivity contribution is -0.139. The number of nitrogens with zero attached hydrogens (tertiary/aromatic N) is 1. The highest BCUT2D eigenvalue weighted by Crippen LogP contribution is 2.42. The highest BCUT2D eigenvalue weighted by Gasteiger charge is 2.43. The number of methoxy groups -OCH3 is 1. The molecule has 3 atom stereocenters. The van der Waals surface area contributed by atoms with Crippen LogP contribution in [-0.2, 0) is 20.7 Å². The van der Waals surface area contributed by atoms with E-state index in [-0.39, 0.29) is 35.2 Å². The summed E-state index contributed by atoms with van der Waals surface area (Å²) >= 11 is 0. The lowest BCUT2D eigenvalue weighted by Gasteiger charge is -2.34. The van der Waals surface area contributed by atoms with Crippen molar-refractivity contribution in [2.45, 2.75) is 37.8 Å². The molecular formula is C32H27F4NO4. The van der Waals surface area contributed by atoms with Crippen molar-refractivity contribution in [1.29, 1.82) is 0 Å². The number of hydrogen-bond acceptors (Lipinski definition) is 5. The molecule has 0 N–H and O–H groups in total. The number of hydrogen-bond donors (Lipinski definition) is 0. The molecule has 1 aliphatic carbocycles. The van der Waals surface area contributed by atoms with Gasteiger partial charge in [-0.25, -0.2) is 9.38 Å². The van der Waals surface area contributed by atoms with E-state index in [0.29, 0.717) is 24.1 Å². The van der Waals surface area contributed by atoms with Gasteiger partial charge in [-0.2, -0.15) is 13.2 Å². The Labute approximate surface area is 234 Å².